The minimum Gasteiger partial charge on any atom is -0.481 e. The third-order valence-electron chi connectivity index (χ3n) is 3.78. The van der Waals surface area contributed by atoms with Crippen LogP contribution in [0.5, 0.6) is 0 Å². The number of carboxylic acids is 1. The van der Waals surface area contributed by atoms with Gasteiger partial charge in [0, 0.05) is 19.1 Å². The Bertz CT molecular complexity index is 408. The number of carbonyl (C=O) groups is 3. The summed E-state index contributed by atoms with van der Waals surface area (Å²) >= 11 is 0. The van der Waals surface area contributed by atoms with Gasteiger partial charge in [0.05, 0.1) is 5.92 Å². The number of rotatable bonds is 5. The van der Waals surface area contributed by atoms with Gasteiger partial charge in [0.25, 0.3) is 0 Å². The minimum atomic E-state index is -0.807. The average molecular weight is 283 g/mol. The highest BCUT2D eigenvalue weighted by Crippen LogP contribution is 2.25. The number of carbonyl (C=O) groups excluding carboxylic acids is 2. The number of amides is 3. The predicted octanol–water partition coefficient (Wildman–Crippen LogP) is 0.160. The molecular weight excluding hydrogens is 262 g/mol. The molecule has 7 nitrogen and oxygen atoms in total. The number of hydrogen-bond donors (Lipinski definition) is 3. The van der Waals surface area contributed by atoms with Crippen molar-refractivity contribution in [3.8, 4) is 0 Å². The first-order chi connectivity index (χ1) is 9.45. The zero-order valence-electron chi connectivity index (χ0n) is 11.6. The monoisotopic (exact) mass is 283 g/mol. The van der Waals surface area contributed by atoms with Crippen LogP contribution in [0.1, 0.15) is 32.1 Å². The third-order valence-corrected chi connectivity index (χ3v) is 3.78. The van der Waals surface area contributed by atoms with Crippen LogP contribution in [-0.2, 0) is 9.59 Å². The van der Waals surface area contributed by atoms with Gasteiger partial charge in [0.15, 0.2) is 0 Å². The molecule has 3 amide bonds. The molecule has 0 saturated heterocycles. The van der Waals surface area contributed by atoms with Crippen molar-refractivity contribution in [2.45, 2.75) is 44.2 Å². The van der Waals surface area contributed by atoms with Gasteiger partial charge in [0.1, 0.15) is 6.54 Å². The van der Waals surface area contributed by atoms with Gasteiger partial charge in [-0.05, 0) is 32.1 Å². The van der Waals surface area contributed by atoms with E-state index in [-0.39, 0.29) is 36.5 Å². The smallest absolute Gasteiger partial charge is 0.317 e. The maximum atomic E-state index is 11.9. The first-order valence-corrected chi connectivity index (χ1v) is 6.99. The van der Waals surface area contributed by atoms with Crippen molar-refractivity contribution in [1.82, 2.24) is 15.5 Å². The van der Waals surface area contributed by atoms with Crippen LogP contribution in [0.15, 0.2) is 0 Å². The molecule has 2 fully saturated rings. The lowest BCUT2D eigenvalue weighted by atomic mass is 10.1. The normalized spacial score (nSPS) is 25.1. The second kappa shape index (κ2) is 6.11. The van der Waals surface area contributed by atoms with Crippen molar-refractivity contribution >= 4 is 17.9 Å². The Balaban J connectivity index is 1.70. The lowest BCUT2D eigenvalue weighted by Gasteiger charge is -2.20. The molecule has 0 aromatic carbocycles. The molecule has 112 valence electrons. The number of hydrogen-bond acceptors (Lipinski definition) is 3. The zero-order valence-corrected chi connectivity index (χ0v) is 11.6. The summed E-state index contributed by atoms with van der Waals surface area (Å²) < 4.78 is 0. The van der Waals surface area contributed by atoms with Crippen LogP contribution in [-0.4, -0.2) is 53.6 Å². The van der Waals surface area contributed by atoms with E-state index < -0.39 is 5.97 Å². The molecule has 2 saturated carbocycles. The van der Waals surface area contributed by atoms with Crippen LogP contribution in [0.2, 0.25) is 0 Å². The van der Waals surface area contributed by atoms with E-state index in [1.165, 1.54) is 4.90 Å². The average Bonchev–Trinajstić information content (AvgIpc) is 3.04. The molecule has 0 radical (unpaired) electrons. The molecule has 2 aliphatic rings. The Morgan fingerprint density at radius 1 is 1.10 bits per heavy atom. The minimum absolute atomic E-state index is 0.0252. The Labute approximate surface area is 117 Å². The Morgan fingerprint density at radius 3 is 2.30 bits per heavy atom. The van der Waals surface area contributed by atoms with E-state index in [1.807, 2.05) is 0 Å². The van der Waals surface area contributed by atoms with Crippen LogP contribution >= 0.6 is 0 Å². The van der Waals surface area contributed by atoms with Gasteiger partial charge in [0.2, 0.25) is 5.91 Å². The molecule has 3 N–H and O–H groups in total. The molecule has 20 heavy (non-hydrogen) atoms. The van der Waals surface area contributed by atoms with Gasteiger partial charge in [-0.2, -0.15) is 0 Å². The fraction of sp³-hybridized carbons (Fsp3) is 0.769. The van der Waals surface area contributed by atoms with E-state index in [9.17, 15) is 14.4 Å². The Hall–Kier alpha value is -1.79. The van der Waals surface area contributed by atoms with Crippen LogP contribution in [0.25, 0.3) is 0 Å². The molecule has 0 aromatic rings. The molecule has 2 atom stereocenters. The molecule has 2 unspecified atom stereocenters. The largest absolute Gasteiger partial charge is 0.481 e. The standard InChI is InChI=1S/C13H21N3O4/c1-16(7-11(17)14-9-4-5-9)13(20)15-10-3-2-8(6-10)12(18)19/h8-10H,2-7H2,1H3,(H,14,17)(H,15,20)(H,18,19). The highest BCUT2D eigenvalue weighted by Gasteiger charge is 2.31. The van der Waals surface area contributed by atoms with Crippen molar-refractivity contribution in [3.63, 3.8) is 0 Å². The first kappa shape index (κ1) is 14.6. The fourth-order valence-electron chi connectivity index (χ4n) is 2.41. The van der Waals surface area contributed by atoms with Gasteiger partial charge < -0.3 is 20.6 Å². The van der Waals surface area contributed by atoms with E-state index in [1.54, 1.807) is 7.05 Å². The van der Waals surface area contributed by atoms with Crippen molar-refractivity contribution in [2.75, 3.05) is 13.6 Å². The second-order valence-corrected chi connectivity index (χ2v) is 5.69. The first-order valence-electron chi connectivity index (χ1n) is 6.99. The molecule has 0 bridgehead atoms. The lowest BCUT2D eigenvalue weighted by Crippen LogP contribution is -2.46. The molecule has 0 spiro atoms. The van der Waals surface area contributed by atoms with E-state index in [2.05, 4.69) is 10.6 Å². The summed E-state index contributed by atoms with van der Waals surface area (Å²) in [7, 11) is 1.56. The summed E-state index contributed by atoms with van der Waals surface area (Å²) in [5.74, 6) is -1.33. The summed E-state index contributed by atoms with van der Waals surface area (Å²) in [4.78, 5) is 35.6. The Kier molecular flexibility index (Phi) is 4.46. The summed E-state index contributed by atoms with van der Waals surface area (Å²) in [5, 5.41) is 14.5. The molecule has 0 aliphatic heterocycles. The van der Waals surface area contributed by atoms with Gasteiger partial charge >= 0.3 is 12.0 Å². The van der Waals surface area contributed by atoms with Crippen LogP contribution < -0.4 is 10.6 Å². The van der Waals surface area contributed by atoms with E-state index in [0.29, 0.717) is 19.3 Å². The van der Waals surface area contributed by atoms with E-state index in [0.717, 1.165) is 12.8 Å². The quantitative estimate of drug-likeness (QED) is 0.669. The predicted molar refractivity (Wildman–Crippen MR) is 71.1 cm³/mol. The maximum absolute atomic E-state index is 11.9. The highest BCUT2D eigenvalue weighted by molar-refractivity contribution is 5.84. The number of nitrogens with zero attached hydrogens (tertiary/aromatic N) is 1. The summed E-state index contributed by atoms with van der Waals surface area (Å²) in [6, 6.07) is -0.158. The number of aliphatic carboxylic acids is 1. The molecule has 0 aromatic heterocycles. The summed E-state index contributed by atoms with van der Waals surface area (Å²) in [6.07, 6.45) is 3.75. The molecule has 7 heteroatoms. The van der Waals surface area contributed by atoms with Crippen molar-refractivity contribution in [2.24, 2.45) is 5.92 Å². The van der Waals surface area contributed by atoms with Crippen molar-refractivity contribution in [3.05, 3.63) is 0 Å². The zero-order chi connectivity index (χ0) is 14.7. The third kappa shape index (κ3) is 4.11. The van der Waals surface area contributed by atoms with Gasteiger partial charge in [-0.3, -0.25) is 9.59 Å². The Morgan fingerprint density at radius 2 is 1.75 bits per heavy atom. The number of likely N-dealkylation sites (N-methyl/N-ethyl adjacent to an activating group) is 1. The van der Waals surface area contributed by atoms with Crippen molar-refractivity contribution in [1.29, 1.82) is 0 Å². The van der Waals surface area contributed by atoms with Crippen LogP contribution in [0, 0.1) is 5.92 Å². The van der Waals surface area contributed by atoms with Crippen LogP contribution in [0.4, 0.5) is 4.79 Å². The topological polar surface area (TPSA) is 98.7 Å². The van der Waals surface area contributed by atoms with Gasteiger partial charge in [-0.1, -0.05) is 0 Å². The number of urea groups is 1. The second-order valence-electron chi connectivity index (χ2n) is 5.69. The SMILES string of the molecule is CN(CC(=O)NC1CC1)C(=O)NC1CCC(C(=O)O)C1. The number of nitrogens with one attached hydrogen (secondary N) is 2. The van der Waals surface area contributed by atoms with Crippen LogP contribution in [0.3, 0.4) is 0 Å². The molecule has 0 heterocycles. The highest BCUT2D eigenvalue weighted by atomic mass is 16.4. The van der Waals surface area contributed by atoms with Gasteiger partial charge in [-0.25, -0.2) is 4.79 Å². The molecular formula is C13H21N3O4. The van der Waals surface area contributed by atoms with E-state index in [4.69, 9.17) is 5.11 Å². The van der Waals surface area contributed by atoms with E-state index >= 15 is 0 Å². The summed E-state index contributed by atoms with van der Waals surface area (Å²) in [6.45, 7) is 0.0252. The van der Waals surface area contributed by atoms with Gasteiger partial charge in [-0.15, -0.1) is 0 Å². The molecule has 2 rings (SSSR count). The summed E-state index contributed by atoms with van der Waals surface area (Å²) in [5.41, 5.74) is 0. The lowest BCUT2D eigenvalue weighted by molar-refractivity contribution is -0.141. The fourth-order valence-corrected chi connectivity index (χ4v) is 2.41. The maximum Gasteiger partial charge on any atom is 0.317 e. The molecule has 2 aliphatic carbocycles. The van der Waals surface area contributed by atoms with Crippen molar-refractivity contribution < 1.29 is 19.5 Å². The number of carboxylic acid groups (broad SMARTS) is 1.